The largest absolute Gasteiger partial charge is 0.378 e. The van der Waals surface area contributed by atoms with E-state index in [9.17, 15) is 0 Å². The minimum atomic E-state index is 0.488. The van der Waals surface area contributed by atoms with E-state index in [0.717, 1.165) is 26.1 Å². The highest BCUT2D eigenvalue weighted by molar-refractivity contribution is 14.1. The van der Waals surface area contributed by atoms with Gasteiger partial charge in [-0.05, 0) is 35.4 Å². The molecule has 0 unspecified atom stereocenters. The summed E-state index contributed by atoms with van der Waals surface area (Å²) in [6.07, 6.45) is 5.38. The van der Waals surface area contributed by atoms with Crippen LogP contribution in [0.3, 0.4) is 0 Å². The molecule has 100 valence electrons. The zero-order valence-electron chi connectivity index (χ0n) is 10.3. The molecule has 0 N–H and O–H groups in total. The first-order valence-corrected chi connectivity index (χ1v) is 8.52. The van der Waals surface area contributed by atoms with E-state index < -0.39 is 0 Å². The molecule has 1 aliphatic rings. The predicted molar refractivity (Wildman–Crippen MR) is 84.0 cm³/mol. The predicted octanol–water partition coefficient (Wildman–Crippen LogP) is 4.06. The van der Waals surface area contributed by atoms with E-state index in [1.165, 1.54) is 25.7 Å². The van der Waals surface area contributed by atoms with Crippen LogP contribution >= 0.6 is 46.0 Å². The third kappa shape index (κ3) is 3.95. The Bertz CT molecular complexity index is 413. The van der Waals surface area contributed by atoms with E-state index in [-0.39, 0.29) is 0 Å². The molecule has 18 heavy (non-hydrogen) atoms. The molecule has 0 bridgehead atoms. The van der Waals surface area contributed by atoms with E-state index in [0.29, 0.717) is 11.8 Å². The number of rotatable bonds is 5. The van der Waals surface area contributed by atoms with Gasteiger partial charge in [0.25, 0.3) is 0 Å². The summed E-state index contributed by atoms with van der Waals surface area (Å²) in [5, 5.41) is 1.32. The summed E-state index contributed by atoms with van der Waals surface area (Å²) in [6, 6.07) is 0. The molecule has 1 heterocycles. The minimum absolute atomic E-state index is 0.488. The lowest BCUT2D eigenvalue weighted by Gasteiger charge is -2.10. The number of ether oxygens (including phenoxy) is 1. The molecule has 1 fully saturated rings. The van der Waals surface area contributed by atoms with Gasteiger partial charge in [0.15, 0.2) is 0 Å². The van der Waals surface area contributed by atoms with Gasteiger partial charge in [-0.25, -0.2) is 9.97 Å². The standard InChI is InChI=1S/C12H16ClIN2OS/c1-17-6-9-11(14)12(13)16-10(15-9)7-18-8-4-2-3-5-8/h8H,2-7H2,1H3. The number of nitrogens with zero attached hydrogens (tertiary/aromatic N) is 2. The summed E-state index contributed by atoms with van der Waals surface area (Å²) in [5.41, 5.74) is 0.889. The van der Waals surface area contributed by atoms with E-state index in [1.807, 2.05) is 11.8 Å². The molecule has 0 atom stereocenters. The summed E-state index contributed by atoms with van der Waals surface area (Å²) >= 11 is 10.2. The molecule has 1 aromatic heterocycles. The zero-order chi connectivity index (χ0) is 13.0. The summed E-state index contributed by atoms with van der Waals surface area (Å²) in [5.74, 6) is 1.67. The minimum Gasteiger partial charge on any atom is -0.378 e. The van der Waals surface area contributed by atoms with E-state index in [1.54, 1.807) is 7.11 Å². The monoisotopic (exact) mass is 398 g/mol. The van der Waals surface area contributed by atoms with E-state index in [4.69, 9.17) is 16.3 Å². The lowest BCUT2D eigenvalue weighted by atomic mass is 10.4. The summed E-state index contributed by atoms with van der Waals surface area (Å²) < 4.78 is 6.03. The van der Waals surface area contributed by atoms with Crippen LogP contribution in [0.4, 0.5) is 0 Å². The Kier molecular flexibility index (Phi) is 5.97. The molecule has 2 rings (SSSR count). The van der Waals surface area contributed by atoms with Crippen molar-refractivity contribution in [3.63, 3.8) is 0 Å². The van der Waals surface area contributed by atoms with Crippen LogP contribution in [-0.2, 0) is 17.1 Å². The molecule has 0 aliphatic heterocycles. The second kappa shape index (κ2) is 7.26. The van der Waals surface area contributed by atoms with Crippen LogP contribution in [0, 0.1) is 3.57 Å². The normalized spacial score (nSPS) is 16.4. The van der Waals surface area contributed by atoms with Crippen LogP contribution in [0.2, 0.25) is 5.15 Å². The van der Waals surface area contributed by atoms with Gasteiger partial charge >= 0.3 is 0 Å². The third-order valence-corrected chi connectivity index (χ3v) is 6.05. The molecule has 0 radical (unpaired) electrons. The van der Waals surface area contributed by atoms with Gasteiger partial charge in [0.2, 0.25) is 0 Å². The molecule has 6 heteroatoms. The van der Waals surface area contributed by atoms with Crippen molar-refractivity contribution >= 4 is 46.0 Å². The third-order valence-electron chi connectivity index (χ3n) is 2.96. The number of hydrogen-bond acceptors (Lipinski definition) is 4. The van der Waals surface area contributed by atoms with Gasteiger partial charge in [-0.2, -0.15) is 11.8 Å². The van der Waals surface area contributed by atoms with Crippen LogP contribution in [0.5, 0.6) is 0 Å². The second-order valence-electron chi connectivity index (χ2n) is 4.34. The van der Waals surface area contributed by atoms with Gasteiger partial charge < -0.3 is 4.74 Å². The maximum absolute atomic E-state index is 6.13. The fourth-order valence-electron chi connectivity index (χ4n) is 2.06. The van der Waals surface area contributed by atoms with Crippen LogP contribution < -0.4 is 0 Å². The maximum Gasteiger partial charge on any atom is 0.146 e. The molecule has 3 nitrogen and oxygen atoms in total. The Balaban J connectivity index is 2.02. The summed E-state index contributed by atoms with van der Waals surface area (Å²) in [4.78, 5) is 8.88. The number of hydrogen-bond donors (Lipinski definition) is 0. The molecule has 1 aromatic rings. The molecule has 0 aromatic carbocycles. The van der Waals surface area contributed by atoms with Gasteiger partial charge in [-0.1, -0.05) is 24.4 Å². The summed E-state index contributed by atoms with van der Waals surface area (Å²) in [7, 11) is 1.67. The Labute approximate surface area is 131 Å². The van der Waals surface area contributed by atoms with Gasteiger partial charge in [-0.3, -0.25) is 0 Å². The topological polar surface area (TPSA) is 35.0 Å². The Hall–Kier alpha value is 0.410. The SMILES string of the molecule is COCc1nc(CSC2CCCC2)nc(Cl)c1I. The van der Waals surface area contributed by atoms with E-state index in [2.05, 4.69) is 32.6 Å². The first kappa shape index (κ1) is 14.8. The van der Waals surface area contributed by atoms with Gasteiger partial charge in [0, 0.05) is 12.4 Å². The number of thioether (sulfide) groups is 1. The lowest BCUT2D eigenvalue weighted by molar-refractivity contribution is 0.180. The molecule has 1 saturated carbocycles. The molecule has 0 spiro atoms. The molecular weight excluding hydrogens is 383 g/mol. The van der Waals surface area contributed by atoms with E-state index >= 15 is 0 Å². The van der Waals surface area contributed by atoms with Crippen molar-refractivity contribution in [1.82, 2.24) is 9.97 Å². The van der Waals surface area contributed by atoms with Crippen LogP contribution in [0.1, 0.15) is 37.2 Å². The van der Waals surface area contributed by atoms with Crippen LogP contribution in [0.15, 0.2) is 0 Å². The van der Waals surface area contributed by atoms with Crippen molar-refractivity contribution in [1.29, 1.82) is 0 Å². The second-order valence-corrected chi connectivity index (χ2v) is 7.07. The van der Waals surface area contributed by atoms with Crippen molar-refractivity contribution in [3.05, 3.63) is 20.2 Å². The van der Waals surface area contributed by atoms with Gasteiger partial charge in [0.05, 0.1) is 21.6 Å². The molecule has 1 aliphatic carbocycles. The quantitative estimate of drug-likeness (QED) is 0.553. The number of halogens is 2. The first-order valence-electron chi connectivity index (χ1n) is 6.02. The molecule has 0 amide bonds. The highest BCUT2D eigenvalue weighted by Gasteiger charge is 2.17. The highest BCUT2D eigenvalue weighted by atomic mass is 127. The Morgan fingerprint density at radius 3 is 2.78 bits per heavy atom. The zero-order valence-corrected chi connectivity index (χ0v) is 14.0. The number of aromatic nitrogens is 2. The maximum atomic E-state index is 6.13. The Morgan fingerprint density at radius 1 is 1.39 bits per heavy atom. The Morgan fingerprint density at radius 2 is 2.11 bits per heavy atom. The smallest absolute Gasteiger partial charge is 0.146 e. The molecule has 0 saturated heterocycles. The number of methoxy groups -OCH3 is 1. The van der Waals surface area contributed by atoms with Crippen molar-refractivity contribution in [3.8, 4) is 0 Å². The van der Waals surface area contributed by atoms with Gasteiger partial charge in [0.1, 0.15) is 11.0 Å². The fourth-order valence-corrected chi connectivity index (χ4v) is 3.84. The van der Waals surface area contributed by atoms with Crippen molar-refractivity contribution in [2.45, 2.75) is 43.3 Å². The van der Waals surface area contributed by atoms with Gasteiger partial charge in [-0.15, -0.1) is 0 Å². The van der Waals surface area contributed by atoms with Crippen molar-refractivity contribution < 1.29 is 4.74 Å². The summed E-state index contributed by atoms with van der Waals surface area (Å²) in [6.45, 7) is 0.488. The molecular formula is C12H16ClIN2OS. The van der Waals surface area contributed by atoms with Crippen LogP contribution in [0.25, 0.3) is 0 Å². The first-order chi connectivity index (χ1) is 8.70. The van der Waals surface area contributed by atoms with Crippen molar-refractivity contribution in [2.75, 3.05) is 7.11 Å². The lowest BCUT2D eigenvalue weighted by Crippen LogP contribution is -2.05. The fraction of sp³-hybridized carbons (Fsp3) is 0.667. The highest BCUT2D eigenvalue weighted by Crippen LogP contribution is 2.31. The average Bonchev–Trinajstić information content (AvgIpc) is 2.86. The average molecular weight is 399 g/mol. The van der Waals surface area contributed by atoms with Crippen LogP contribution in [-0.4, -0.2) is 22.3 Å². The van der Waals surface area contributed by atoms with Crippen molar-refractivity contribution in [2.24, 2.45) is 0 Å².